The molecule has 3 aliphatic heterocycles. The maximum absolute atomic E-state index is 12.9. The highest BCUT2D eigenvalue weighted by Crippen LogP contribution is 2.39. The Morgan fingerprint density at radius 2 is 1.81 bits per heavy atom. The first-order valence-corrected chi connectivity index (χ1v) is 8.70. The van der Waals surface area contributed by atoms with Gasteiger partial charge in [-0.25, -0.2) is 8.42 Å². The lowest BCUT2D eigenvalue weighted by molar-refractivity contribution is 0.166. The van der Waals surface area contributed by atoms with Crippen LogP contribution in [0.3, 0.4) is 0 Å². The van der Waals surface area contributed by atoms with Crippen molar-refractivity contribution in [2.24, 2.45) is 11.8 Å². The monoisotopic (exact) mass is 310 g/mol. The fourth-order valence-corrected chi connectivity index (χ4v) is 5.10. The predicted octanol–water partition coefficient (Wildman–Crippen LogP) is 0.298. The molecule has 21 heavy (non-hydrogen) atoms. The molecule has 2 fully saturated rings. The summed E-state index contributed by atoms with van der Waals surface area (Å²) in [6, 6.07) is 5.06. The van der Waals surface area contributed by atoms with E-state index in [2.05, 4.69) is 5.32 Å². The zero-order valence-electron chi connectivity index (χ0n) is 11.6. The second kappa shape index (κ2) is 4.86. The zero-order valence-corrected chi connectivity index (χ0v) is 12.4. The number of benzene rings is 1. The Labute approximate surface area is 124 Å². The Morgan fingerprint density at radius 3 is 2.57 bits per heavy atom. The predicted molar refractivity (Wildman–Crippen MR) is 76.0 cm³/mol. The highest BCUT2D eigenvalue weighted by atomic mass is 32.2. The van der Waals surface area contributed by atoms with Crippen LogP contribution in [0, 0.1) is 11.8 Å². The summed E-state index contributed by atoms with van der Waals surface area (Å²) in [6.07, 6.45) is 0. The molecule has 0 aromatic heterocycles. The van der Waals surface area contributed by atoms with E-state index in [1.807, 2.05) is 0 Å². The Balaban J connectivity index is 1.69. The van der Waals surface area contributed by atoms with Crippen molar-refractivity contribution < 1.29 is 17.9 Å². The standard InChI is InChI=1S/C14H18N2O4S/c17-21(18,16-8-10-6-15-7-11(10)9-16)13-3-1-2-12-14(13)20-5-4-19-12/h1-3,10-11,15H,4-9H2/t10-,11+. The van der Waals surface area contributed by atoms with Gasteiger partial charge in [0.05, 0.1) is 0 Å². The van der Waals surface area contributed by atoms with E-state index in [0.29, 0.717) is 49.6 Å². The molecule has 4 rings (SSSR count). The summed E-state index contributed by atoms with van der Waals surface area (Å²) >= 11 is 0. The lowest BCUT2D eigenvalue weighted by atomic mass is 10.0. The number of hydrogen-bond donors (Lipinski definition) is 1. The number of nitrogens with zero attached hydrogens (tertiary/aromatic N) is 1. The topological polar surface area (TPSA) is 67.9 Å². The number of para-hydroxylation sites is 1. The quantitative estimate of drug-likeness (QED) is 0.851. The van der Waals surface area contributed by atoms with Crippen molar-refractivity contribution in [1.29, 1.82) is 0 Å². The summed E-state index contributed by atoms with van der Waals surface area (Å²) in [5.41, 5.74) is 0. The molecule has 0 amide bonds. The molecular weight excluding hydrogens is 292 g/mol. The third-order valence-electron chi connectivity index (χ3n) is 4.50. The van der Waals surface area contributed by atoms with E-state index in [0.717, 1.165) is 13.1 Å². The molecule has 0 radical (unpaired) electrons. The number of nitrogens with one attached hydrogen (secondary N) is 1. The van der Waals surface area contributed by atoms with Crippen molar-refractivity contribution in [3.8, 4) is 11.5 Å². The fraction of sp³-hybridized carbons (Fsp3) is 0.571. The maximum Gasteiger partial charge on any atom is 0.246 e. The number of sulfonamides is 1. The fourth-order valence-electron chi connectivity index (χ4n) is 3.40. The van der Waals surface area contributed by atoms with Gasteiger partial charge in [-0.3, -0.25) is 0 Å². The van der Waals surface area contributed by atoms with Crippen LogP contribution in [0.5, 0.6) is 11.5 Å². The summed E-state index contributed by atoms with van der Waals surface area (Å²) in [7, 11) is -3.52. The van der Waals surface area contributed by atoms with Gasteiger partial charge < -0.3 is 14.8 Å². The molecule has 1 N–H and O–H groups in total. The number of fused-ring (bicyclic) bond motifs is 2. The highest BCUT2D eigenvalue weighted by molar-refractivity contribution is 7.89. The largest absolute Gasteiger partial charge is 0.486 e. The van der Waals surface area contributed by atoms with Crippen LogP contribution >= 0.6 is 0 Å². The first kappa shape index (κ1) is 13.4. The van der Waals surface area contributed by atoms with Gasteiger partial charge in [0.2, 0.25) is 10.0 Å². The average molecular weight is 310 g/mol. The summed E-state index contributed by atoms with van der Waals surface area (Å²) in [4.78, 5) is 0.229. The Kier molecular flexibility index (Phi) is 3.09. The maximum atomic E-state index is 12.9. The van der Waals surface area contributed by atoms with E-state index in [1.165, 1.54) is 0 Å². The Morgan fingerprint density at radius 1 is 1.10 bits per heavy atom. The minimum absolute atomic E-state index is 0.229. The first-order chi connectivity index (χ1) is 10.2. The van der Waals surface area contributed by atoms with Crippen molar-refractivity contribution in [1.82, 2.24) is 9.62 Å². The molecule has 114 valence electrons. The third kappa shape index (κ3) is 2.11. The molecule has 0 spiro atoms. The van der Waals surface area contributed by atoms with Gasteiger partial charge in [-0.05, 0) is 37.1 Å². The minimum Gasteiger partial charge on any atom is -0.486 e. The van der Waals surface area contributed by atoms with Crippen LogP contribution in [0.2, 0.25) is 0 Å². The Hall–Kier alpha value is -1.31. The average Bonchev–Trinajstić information content (AvgIpc) is 3.08. The second-order valence-electron chi connectivity index (χ2n) is 5.78. The van der Waals surface area contributed by atoms with E-state index >= 15 is 0 Å². The van der Waals surface area contributed by atoms with Crippen molar-refractivity contribution in [2.45, 2.75) is 4.90 Å². The summed E-state index contributed by atoms with van der Waals surface area (Å²) in [6.45, 7) is 3.83. The van der Waals surface area contributed by atoms with Crippen molar-refractivity contribution in [3.63, 3.8) is 0 Å². The van der Waals surface area contributed by atoms with E-state index in [9.17, 15) is 8.42 Å². The molecule has 0 saturated carbocycles. The molecule has 3 heterocycles. The van der Waals surface area contributed by atoms with E-state index < -0.39 is 10.0 Å². The van der Waals surface area contributed by atoms with Gasteiger partial charge in [-0.2, -0.15) is 4.31 Å². The molecule has 2 atom stereocenters. The summed E-state index contributed by atoms with van der Waals surface area (Å²) < 4.78 is 38.4. The molecule has 0 aliphatic carbocycles. The SMILES string of the molecule is O=S(=O)(c1cccc2c1OCCO2)N1C[C@H]2CNC[C@H]2C1. The molecular formula is C14H18N2O4S. The van der Waals surface area contributed by atoms with Gasteiger partial charge in [0, 0.05) is 13.1 Å². The lowest BCUT2D eigenvalue weighted by Gasteiger charge is -2.23. The highest BCUT2D eigenvalue weighted by Gasteiger charge is 2.42. The van der Waals surface area contributed by atoms with Crippen molar-refractivity contribution in [3.05, 3.63) is 18.2 Å². The van der Waals surface area contributed by atoms with Crippen LogP contribution in [-0.2, 0) is 10.0 Å². The second-order valence-corrected chi connectivity index (χ2v) is 7.69. The zero-order chi connectivity index (χ0) is 14.4. The molecule has 1 aromatic carbocycles. The first-order valence-electron chi connectivity index (χ1n) is 7.26. The summed E-state index contributed by atoms with van der Waals surface area (Å²) in [5, 5.41) is 3.32. The number of ether oxygens (including phenoxy) is 2. The van der Waals surface area contributed by atoms with Gasteiger partial charge in [0.1, 0.15) is 18.1 Å². The molecule has 0 unspecified atom stereocenters. The van der Waals surface area contributed by atoms with E-state index in [-0.39, 0.29) is 4.90 Å². The van der Waals surface area contributed by atoms with Crippen LogP contribution in [-0.4, -0.2) is 52.1 Å². The Bertz CT molecular complexity index is 649. The molecule has 6 nitrogen and oxygen atoms in total. The van der Waals surface area contributed by atoms with E-state index in [4.69, 9.17) is 9.47 Å². The van der Waals surface area contributed by atoms with Crippen LogP contribution in [0.4, 0.5) is 0 Å². The molecule has 2 saturated heterocycles. The number of hydrogen-bond acceptors (Lipinski definition) is 5. The van der Waals surface area contributed by atoms with Crippen LogP contribution in [0.1, 0.15) is 0 Å². The van der Waals surface area contributed by atoms with Gasteiger partial charge in [0.25, 0.3) is 0 Å². The van der Waals surface area contributed by atoms with Crippen LogP contribution in [0.25, 0.3) is 0 Å². The smallest absolute Gasteiger partial charge is 0.246 e. The van der Waals surface area contributed by atoms with Crippen molar-refractivity contribution >= 4 is 10.0 Å². The summed E-state index contributed by atoms with van der Waals surface area (Å²) in [5.74, 6) is 1.73. The minimum atomic E-state index is -3.52. The van der Waals surface area contributed by atoms with Crippen LogP contribution in [0.15, 0.2) is 23.1 Å². The molecule has 3 aliphatic rings. The third-order valence-corrected chi connectivity index (χ3v) is 6.36. The molecule has 1 aromatic rings. The van der Waals surface area contributed by atoms with Gasteiger partial charge >= 0.3 is 0 Å². The number of rotatable bonds is 2. The van der Waals surface area contributed by atoms with Crippen molar-refractivity contribution in [2.75, 3.05) is 39.4 Å². The lowest BCUT2D eigenvalue weighted by Crippen LogP contribution is -2.32. The van der Waals surface area contributed by atoms with E-state index in [1.54, 1.807) is 22.5 Å². The van der Waals surface area contributed by atoms with Crippen LogP contribution < -0.4 is 14.8 Å². The molecule has 0 bridgehead atoms. The van der Waals surface area contributed by atoms with Gasteiger partial charge in [0.15, 0.2) is 11.5 Å². The molecule has 7 heteroatoms. The normalized spacial score (nSPS) is 28.6. The van der Waals surface area contributed by atoms with Gasteiger partial charge in [-0.15, -0.1) is 0 Å². The van der Waals surface area contributed by atoms with Gasteiger partial charge in [-0.1, -0.05) is 6.07 Å².